The van der Waals surface area contributed by atoms with Crippen LogP contribution in [-0.2, 0) is 7.05 Å². The molecule has 7 nitrogen and oxygen atoms in total. The topological polar surface area (TPSA) is 97.7 Å². The molecule has 0 unspecified atom stereocenters. The number of aryl methyl sites for hydroxylation is 1. The normalized spacial score (nSPS) is 10.9. The summed E-state index contributed by atoms with van der Waals surface area (Å²) in [5.74, 6) is -0.484. The molecule has 0 aliphatic carbocycles. The Morgan fingerprint density at radius 1 is 1.00 bits per heavy atom. The van der Waals surface area contributed by atoms with Gasteiger partial charge in [0.1, 0.15) is 5.56 Å². The van der Waals surface area contributed by atoms with E-state index in [1.807, 2.05) is 12.1 Å². The molecule has 27 heavy (non-hydrogen) atoms. The molecule has 0 saturated carbocycles. The minimum atomic E-state index is -0.719. The molecular formula is C20H14N4O3. The lowest BCUT2D eigenvalue weighted by Crippen LogP contribution is -2.32. The van der Waals surface area contributed by atoms with Gasteiger partial charge in [0.25, 0.3) is 5.56 Å². The van der Waals surface area contributed by atoms with Crippen LogP contribution in [0.4, 0.5) is 0 Å². The summed E-state index contributed by atoms with van der Waals surface area (Å²) in [6.45, 7) is 0. The highest BCUT2D eigenvalue weighted by atomic mass is 16.2. The number of benzene rings is 1. The van der Waals surface area contributed by atoms with E-state index in [-0.39, 0.29) is 5.56 Å². The number of para-hydroxylation sites is 1. The maximum atomic E-state index is 13.1. The van der Waals surface area contributed by atoms with E-state index in [1.165, 1.54) is 13.2 Å². The molecule has 0 aliphatic rings. The van der Waals surface area contributed by atoms with Gasteiger partial charge in [-0.25, -0.2) is 9.78 Å². The van der Waals surface area contributed by atoms with Crippen molar-refractivity contribution in [2.24, 2.45) is 7.05 Å². The van der Waals surface area contributed by atoms with E-state index in [2.05, 4.69) is 15.0 Å². The summed E-state index contributed by atoms with van der Waals surface area (Å²) in [7, 11) is 1.47. The molecule has 0 saturated heterocycles. The number of carbonyl (C=O) groups is 1. The maximum absolute atomic E-state index is 13.1. The Hall–Kier alpha value is -3.87. The van der Waals surface area contributed by atoms with Crippen molar-refractivity contribution >= 4 is 16.7 Å². The Balaban J connectivity index is 1.98. The highest BCUT2D eigenvalue weighted by Crippen LogP contribution is 2.25. The van der Waals surface area contributed by atoms with Crippen LogP contribution in [0.3, 0.4) is 0 Å². The van der Waals surface area contributed by atoms with Gasteiger partial charge in [-0.2, -0.15) is 0 Å². The number of H-pyrrole nitrogens is 1. The predicted molar refractivity (Wildman–Crippen MR) is 101 cm³/mol. The number of aromatic amines is 1. The summed E-state index contributed by atoms with van der Waals surface area (Å²) in [6.07, 6.45) is 2.89. The highest BCUT2D eigenvalue weighted by Gasteiger charge is 2.19. The fourth-order valence-electron chi connectivity index (χ4n) is 2.88. The molecule has 1 N–H and O–H groups in total. The van der Waals surface area contributed by atoms with Crippen molar-refractivity contribution in [1.82, 2.24) is 19.5 Å². The SMILES string of the molecule is Cn1cc(C(=O)c2cc(-c3ccccn3)nc3ccccc23)c(=O)[nH]c1=O. The molecule has 0 bridgehead atoms. The molecular weight excluding hydrogens is 344 g/mol. The molecule has 3 heterocycles. The Morgan fingerprint density at radius 3 is 2.56 bits per heavy atom. The molecule has 4 aromatic rings. The second kappa shape index (κ2) is 6.45. The van der Waals surface area contributed by atoms with Crippen LogP contribution in [0.2, 0.25) is 0 Å². The van der Waals surface area contributed by atoms with Crippen LogP contribution < -0.4 is 11.2 Å². The zero-order valence-electron chi connectivity index (χ0n) is 14.3. The molecule has 0 radical (unpaired) electrons. The van der Waals surface area contributed by atoms with Crippen molar-refractivity contribution in [2.75, 3.05) is 0 Å². The zero-order valence-corrected chi connectivity index (χ0v) is 14.3. The first-order chi connectivity index (χ1) is 13.0. The number of fused-ring (bicyclic) bond motifs is 1. The minimum Gasteiger partial charge on any atom is -0.303 e. The van der Waals surface area contributed by atoms with Gasteiger partial charge in [-0.1, -0.05) is 24.3 Å². The van der Waals surface area contributed by atoms with Gasteiger partial charge in [-0.15, -0.1) is 0 Å². The molecule has 4 rings (SSSR count). The van der Waals surface area contributed by atoms with Gasteiger partial charge in [0.2, 0.25) is 5.78 Å². The second-order valence-electron chi connectivity index (χ2n) is 6.03. The summed E-state index contributed by atoms with van der Waals surface area (Å²) in [5, 5.41) is 0.621. The fraction of sp³-hybridized carbons (Fsp3) is 0.0500. The lowest BCUT2D eigenvalue weighted by Gasteiger charge is -2.09. The predicted octanol–water partition coefficient (Wildman–Crippen LogP) is 1.91. The van der Waals surface area contributed by atoms with Crippen molar-refractivity contribution in [3.63, 3.8) is 0 Å². The number of rotatable bonds is 3. The lowest BCUT2D eigenvalue weighted by atomic mass is 9.99. The van der Waals surface area contributed by atoms with Crippen LogP contribution in [-0.4, -0.2) is 25.3 Å². The van der Waals surface area contributed by atoms with Crippen molar-refractivity contribution in [3.8, 4) is 11.4 Å². The lowest BCUT2D eigenvalue weighted by molar-refractivity contribution is 0.103. The summed E-state index contributed by atoms with van der Waals surface area (Å²) in [6, 6.07) is 14.2. The number of hydrogen-bond acceptors (Lipinski definition) is 5. The standard InChI is InChI=1S/C20H14N4O3/c1-24-11-14(19(26)23-20(24)27)18(25)13-10-17(16-8-4-5-9-21-16)22-15-7-3-2-6-12(13)15/h2-11H,1H3,(H,23,26,27). The van der Waals surface area contributed by atoms with Crippen LogP contribution >= 0.6 is 0 Å². The molecule has 0 amide bonds. The number of nitrogens with one attached hydrogen (secondary N) is 1. The van der Waals surface area contributed by atoms with E-state index >= 15 is 0 Å². The summed E-state index contributed by atoms with van der Waals surface area (Å²) < 4.78 is 1.16. The average molecular weight is 358 g/mol. The van der Waals surface area contributed by atoms with Crippen LogP contribution in [0, 0.1) is 0 Å². The van der Waals surface area contributed by atoms with Crippen molar-refractivity contribution < 1.29 is 4.79 Å². The van der Waals surface area contributed by atoms with E-state index < -0.39 is 17.0 Å². The van der Waals surface area contributed by atoms with Crippen molar-refractivity contribution in [3.05, 3.63) is 92.9 Å². The monoisotopic (exact) mass is 358 g/mol. The summed E-state index contributed by atoms with van der Waals surface area (Å²) >= 11 is 0. The zero-order chi connectivity index (χ0) is 19.0. The van der Waals surface area contributed by atoms with Gasteiger partial charge in [0.05, 0.1) is 16.9 Å². The van der Waals surface area contributed by atoms with Gasteiger partial charge in [-0.3, -0.25) is 19.6 Å². The van der Waals surface area contributed by atoms with Crippen molar-refractivity contribution in [1.29, 1.82) is 0 Å². The van der Waals surface area contributed by atoms with Gasteiger partial charge in [0.15, 0.2) is 0 Å². The smallest absolute Gasteiger partial charge is 0.303 e. The number of carbonyl (C=O) groups excluding carboxylic acids is 1. The summed E-state index contributed by atoms with van der Waals surface area (Å²) in [5.41, 5.74) is 0.676. The third-order valence-corrected chi connectivity index (χ3v) is 4.24. The Kier molecular flexibility index (Phi) is 3.97. The van der Waals surface area contributed by atoms with E-state index in [9.17, 15) is 14.4 Å². The Bertz CT molecular complexity index is 1290. The van der Waals surface area contributed by atoms with Gasteiger partial charge >= 0.3 is 5.69 Å². The largest absolute Gasteiger partial charge is 0.328 e. The molecule has 1 aromatic carbocycles. The average Bonchev–Trinajstić information content (AvgIpc) is 2.70. The number of hydrogen-bond donors (Lipinski definition) is 1. The Labute approximate surface area is 153 Å². The summed E-state index contributed by atoms with van der Waals surface area (Å²) in [4.78, 5) is 47.9. The molecule has 0 spiro atoms. The number of nitrogens with zero attached hydrogens (tertiary/aromatic N) is 3. The van der Waals surface area contributed by atoms with Gasteiger partial charge in [0, 0.05) is 30.4 Å². The van der Waals surface area contributed by atoms with Crippen LogP contribution in [0.15, 0.2) is 70.5 Å². The van der Waals surface area contributed by atoms with Gasteiger partial charge < -0.3 is 4.57 Å². The number of aromatic nitrogens is 4. The molecule has 7 heteroatoms. The minimum absolute atomic E-state index is 0.111. The van der Waals surface area contributed by atoms with E-state index in [1.54, 1.807) is 42.6 Å². The molecule has 3 aromatic heterocycles. The second-order valence-corrected chi connectivity index (χ2v) is 6.03. The quantitative estimate of drug-likeness (QED) is 0.564. The third-order valence-electron chi connectivity index (χ3n) is 4.24. The van der Waals surface area contributed by atoms with Crippen LogP contribution in [0.5, 0.6) is 0 Å². The van der Waals surface area contributed by atoms with E-state index in [4.69, 9.17) is 0 Å². The highest BCUT2D eigenvalue weighted by molar-refractivity contribution is 6.16. The first-order valence-corrected chi connectivity index (χ1v) is 8.20. The molecule has 132 valence electrons. The molecule has 0 fully saturated rings. The third kappa shape index (κ3) is 2.95. The fourth-order valence-corrected chi connectivity index (χ4v) is 2.88. The first kappa shape index (κ1) is 16.6. The van der Waals surface area contributed by atoms with E-state index in [0.29, 0.717) is 27.9 Å². The number of ketones is 1. The van der Waals surface area contributed by atoms with Crippen molar-refractivity contribution in [2.45, 2.75) is 0 Å². The number of pyridine rings is 2. The first-order valence-electron chi connectivity index (χ1n) is 8.20. The van der Waals surface area contributed by atoms with Crippen LogP contribution in [0.25, 0.3) is 22.3 Å². The van der Waals surface area contributed by atoms with E-state index in [0.717, 1.165) is 4.57 Å². The Morgan fingerprint density at radius 2 is 1.78 bits per heavy atom. The van der Waals surface area contributed by atoms with Gasteiger partial charge in [-0.05, 0) is 24.3 Å². The molecule has 0 aliphatic heterocycles. The van der Waals surface area contributed by atoms with Crippen LogP contribution in [0.1, 0.15) is 15.9 Å². The molecule has 0 atom stereocenters. The maximum Gasteiger partial charge on any atom is 0.328 e.